The normalized spacial score (nSPS) is 13.9. The van der Waals surface area contributed by atoms with E-state index in [9.17, 15) is 14.0 Å². The van der Waals surface area contributed by atoms with Crippen molar-refractivity contribution in [3.8, 4) is 5.75 Å². The van der Waals surface area contributed by atoms with Gasteiger partial charge in [-0.05, 0) is 55.0 Å². The largest absolute Gasteiger partial charge is 0.497 e. The molecule has 3 aromatic rings. The van der Waals surface area contributed by atoms with Crippen LogP contribution in [-0.2, 0) is 0 Å². The predicted octanol–water partition coefficient (Wildman–Crippen LogP) is 3.83. The third-order valence-electron chi connectivity index (χ3n) is 5.52. The first-order valence-electron chi connectivity index (χ1n) is 10.7. The standard InChI is InChI=1S/C25H25FN4O3/c1-33-22-8-3-6-19(16-22)25(32)30-12-4-11-29(13-14-30)23-10-9-21(17-27-23)28-24(31)18-5-2-7-20(26)15-18/h2-3,5-10,15-17H,4,11-14H2,1H3,(H,28,31). The highest BCUT2D eigenvalue weighted by atomic mass is 19.1. The number of nitrogens with one attached hydrogen (secondary N) is 1. The Morgan fingerprint density at radius 3 is 2.55 bits per heavy atom. The molecule has 7 nitrogen and oxygen atoms in total. The molecule has 4 rings (SSSR count). The highest BCUT2D eigenvalue weighted by Crippen LogP contribution is 2.19. The number of hydrogen-bond donors (Lipinski definition) is 1. The molecule has 1 saturated heterocycles. The van der Waals surface area contributed by atoms with Crippen molar-refractivity contribution in [2.45, 2.75) is 6.42 Å². The molecule has 1 aromatic heterocycles. The summed E-state index contributed by atoms with van der Waals surface area (Å²) >= 11 is 0. The molecule has 2 amide bonds. The number of carbonyl (C=O) groups excluding carboxylic acids is 2. The summed E-state index contributed by atoms with van der Waals surface area (Å²) in [6.07, 6.45) is 2.39. The zero-order valence-corrected chi connectivity index (χ0v) is 18.3. The second-order valence-corrected chi connectivity index (χ2v) is 7.73. The fraction of sp³-hybridized carbons (Fsp3) is 0.240. The number of nitrogens with zero attached hydrogens (tertiary/aromatic N) is 3. The minimum Gasteiger partial charge on any atom is -0.497 e. The van der Waals surface area contributed by atoms with Crippen molar-refractivity contribution >= 4 is 23.3 Å². The first-order valence-corrected chi connectivity index (χ1v) is 10.7. The third kappa shape index (κ3) is 5.46. The second-order valence-electron chi connectivity index (χ2n) is 7.73. The van der Waals surface area contributed by atoms with Crippen LogP contribution in [0, 0.1) is 5.82 Å². The summed E-state index contributed by atoms with van der Waals surface area (Å²) in [5.41, 5.74) is 1.38. The molecule has 0 bridgehead atoms. The molecule has 1 N–H and O–H groups in total. The van der Waals surface area contributed by atoms with Crippen LogP contribution in [0.4, 0.5) is 15.9 Å². The number of ether oxygens (including phenoxy) is 1. The van der Waals surface area contributed by atoms with Crippen molar-refractivity contribution in [1.82, 2.24) is 9.88 Å². The molecule has 2 aromatic carbocycles. The van der Waals surface area contributed by atoms with E-state index in [1.165, 1.54) is 18.2 Å². The van der Waals surface area contributed by atoms with Crippen LogP contribution in [-0.4, -0.2) is 55.0 Å². The van der Waals surface area contributed by atoms with Gasteiger partial charge in [0.1, 0.15) is 17.4 Å². The van der Waals surface area contributed by atoms with Crippen LogP contribution < -0.4 is 15.0 Å². The Hall–Kier alpha value is -3.94. The molecule has 170 valence electrons. The molecule has 0 aliphatic carbocycles. The topological polar surface area (TPSA) is 74.8 Å². The minimum atomic E-state index is -0.462. The number of aromatic nitrogens is 1. The number of hydrogen-bond acceptors (Lipinski definition) is 5. The van der Waals surface area contributed by atoms with Crippen LogP contribution in [0.1, 0.15) is 27.1 Å². The number of carbonyl (C=O) groups is 2. The van der Waals surface area contributed by atoms with E-state index >= 15 is 0 Å². The van der Waals surface area contributed by atoms with Gasteiger partial charge in [-0.1, -0.05) is 12.1 Å². The van der Waals surface area contributed by atoms with Crippen molar-refractivity contribution in [1.29, 1.82) is 0 Å². The van der Waals surface area contributed by atoms with Crippen molar-refractivity contribution < 1.29 is 18.7 Å². The van der Waals surface area contributed by atoms with E-state index < -0.39 is 11.7 Å². The Morgan fingerprint density at radius 1 is 0.970 bits per heavy atom. The number of methoxy groups -OCH3 is 1. The number of benzene rings is 2. The van der Waals surface area contributed by atoms with Gasteiger partial charge in [0, 0.05) is 37.3 Å². The van der Waals surface area contributed by atoms with E-state index in [4.69, 9.17) is 4.74 Å². The quantitative estimate of drug-likeness (QED) is 0.642. The van der Waals surface area contributed by atoms with E-state index in [1.807, 2.05) is 23.1 Å². The fourth-order valence-corrected chi connectivity index (χ4v) is 3.77. The van der Waals surface area contributed by atoms with Gasteiger partial charge < -0.3 is 19.9 Å². The molecule has 1 aliphatic heterocycles. The van der Waals surface area contributed by atoms with Crippen molar-refractivity contribution in [2.75, 3.05) is 43.5 Å². The van der Waals surface area contributed by atoms with Crippen LogP contribution in [0.2, 0.25) is 0 Å². The summed E-state index contributed by atoms with van der Waals surface area (Å²) in [6.45, 7) is 2.66. The van der Waals surface area contributed by atoms with E-state index in [1.54, 1.807) is 37.6 Å². The van der Waals surface area contributed by atoms with Crippen LogP contribution >= 0.6 is 0 Å². The first-order chi connectivity index (χ1) is 16.0. The molecule has 1 aliphatic rings. The van der Waals surface area contributed by atoms with Gasteiger partial charge in [0.05, 0.1) is 19.0 Å². The lowest BCUT2D eigenvalue weighted by Crippen LogP contribution is -2.35. The van der Waals surface area contributed by atoms with Crippen LogP contribution in [0.5, 0.6) is 5.75 Å². The lowest BCUT2D eigenvalue weighted by molar-refractivity contribution is 0.0766. The zero-order valence-electron chi connectivity index (χ0n) is 18.3. The summed E-state index contributed by atoms with van der Waals surface area (Å²) in [6, 6.07) is 16.3. The van der Waals surface area contributed by atoms with E-state index in [0.29, 0.717) is 36.6 Å². The first kappa shape index (κ1) is 22.3. The second kappa shape index (κ2) is 10.1. The predicted molar refractivity (Wildman–Crippen MR) is 124 cm³/mol. The van der Waals surface area contributed by atoms with Gasteiger partial charge in [0.15, 0.2) is 0 Å². The number of rotatable bonds is 5. The average Bonchev–Trinajstić information content (AvgIpc) is 3.10. The number of amides is 2. The Bertz CT molecular complexity index is 1140. The summed E-state index contributed by atoms with van der Waals surface area (Å²) in [4.78, 5) is 33.7. The lowest BCUT2D eigenvalue weighted by Gasteiger charge is -2.23. The van der Waals surface area contributed by atoms with Crippen molar-refractivity contribution in [3.63, 3.8) is 0 Å². The Balaban J connectivity index is 1.37. The third-order valence-corrected chi connectivity index (χ3v) is 5.52. The average molecular weight is 448 g/mol. The number of pyridine rings is 1. The molecular weight excluding hydrogens is 423 g/mol. The molecule has 33 heavy (non-hydrogen) atoms. The number of anilines is 2. The number of halogens is 1. The van der Waals surface area contributed by atoms with Gasteiger partial charge in [-0.2, -0.15) is 0 Å². The Labute approximate surface area is 191 Å². The summed E-state index contributed by atoms with van der Waals surface area (Å²) in [7, 11) is 1.58. The summed E-state index contributed by atoms with van der Waals surface area (Å²) in [5, 5.41) is 2.73. The lowest BCUT2D eigenvalue weighted by atomic mass is 10.2. The summed E-state index contributed by atoms with van der Waals surface area (Å²) in [5.74, 6) is 0.557. The molecule has 0 radical (unpaired) electrons. The molecule has 0 atom stereocenters. The van der Waals surface area contributed by atoms with Crippen molar-refractivity contribution in [3.05, 3.63) is 83.8 Å². The van der Waals surface area contributed by atoms with Crippen LogP contribution in [0.25, 0.3) is 0 Å². The maximum absolute atomic E-state index is 13.3. The highest BCUT2D eigenvalue weighted by molar-refractivity contribution is 6.04. The Morgan fingerprint density at radius 2 is 1.79 bits per heavy atom. The van der Waals surface area contributed by atoms with E-state index in [2.05, 4.69) is 15.2 Å². The van der Waals surface area contributed by atoms with Gasteiger partial charge in [0.25, 0.3) is 11.8 Å². The van der Waals surface area contributed by atoms with Gasteiger partial charge in [-0.15, -0.1) is 0 Å². The Kier molecular flexibility index (Phi) is 6.83. The smallest absolute Gasteiger partial charge is 0.255 e. The van der Waals surface area contributed by atoms with Crippen LogP contribution in [0.3, 0.4) is 0 Å². The summed E-state index contributed by atoms with van der Waals surface area (Å²) < 4.78 is 18.6. The van der Waals surface area contributed by atoms with E-state index in [-0.39, 0.29) is 11.5 Å². The molecule has 0 unspecified atom stereocenters. The molecular formula is C25H25FN4O3. The maximum atomic E-state index is 13.3. The molecule has 2 heterocycles. The SMILES string of the molecule is COc1cccc(C(=O)N2CCCN(c3ccc(NC(=O)c4cccc(F)c4)cn3)CC2)c1. The highest BCUT2D eigenvalue weighted by Gasteiger charge is 2.21. The maximum Gasteiger partial charge on any atom is 0.255 e. The molecule has 1 fully saturated rings. The van der Waals surface area contributed by atoms with Crippen molar-refractivity contribution in [2.24, 2.45) is 0 Å². The van der Waals surface area contributed by atoms with Gasteiger partial charge in [0.2, 0.25) is 0 Å². The molecule has 0 saturated carbocycles. The fourth-order valence-electron chi connectivity index (χ4n) is 3.77. The monoisotopic (exact) mass is 448 g/mol. The molecule has 0 spiro atoms. The minimum absolute atomic E-state index is 0.0147. The molecule has 8 heteroatoms. The van der Waals surface area contributed by atoms with Gasteiger partial charge >= 0.3 is 0 Å². The zero-order chi connectivity index (χ0) is 23.2. The van der Waals surface area contributed by atoms with E-state index in [0.717, 1.165) is 18.8 Å². The van der Waals surface area contributed by atoms with Crippen LogP contribution in [0.15, 0.2) is 66.9 Å². The van der Waals surface area contributed by atoms with Gasteiger partial charge in [-0.25, -0.2) is 9.37 Å². The van der Waals surface area contributed by atoms with Gasteiger partial charge in [-0.3, -0.25) is 9.59 Å².